The van der Waals surface area contributed by atoms with Crippen molar-refractivity contribution in [3.8, 4) is 0 Å². The van der Waals surface area contributed by atoms with E-state index >= 15 is 0 Å². The maximum Gasteiger partial charge on any atom is 0.0849 e. The van der Waals surface area contributed by atoms with Crippen LogP contribution in [0.15, 0.2) is 101 Å². The predicted molar refractivity (Wildman–Crippen MR) is 173 cm³/mol. The molecule has 0 N–H and O–H groups in total. The molecule has 1 aromatic heterocycles. The Morgan fingerprint density at radius 2 is 1.05 bits per heavy atom. The van der Waals surface area contributed by atoms with E-state index in [-0.39, 0.29) is 0 Å². The average Bonchev–Trinajstić information content (AvgIpc) is 2.96. The highest BCUT2D eigenvalue weighted by Crippen LogP contribution is 2.39. The van der Waals surface area contributed by atoms with Gasteiger partial charge in [-0.2, -0.15) is 0 Å². The van der Waals surface area contributed by atoms with Gasteiger partial charge >= 0.3 is 0 Å². The molecule has 0 unspecified atom stereocenters. The first-order chi connectivity index (χ1) is 19.3. The van der Waals surface area contributed by atoms with Crippen molar-refractivity contribution in [1.82, 2.24) is 4.98 Å². The number of para-hydroxylation sites is 1. The number of rotatable bonds is 6. The highest BCUT2D eigenvalue weighted by molar-refractivity contribution is 6.25. The van der Waals surface area contributed by atoms with E-state index in [4.69, 9.17) is 15.0 Å². The van der Waals surface area contributed by atoms with Gasteiger partial charge in [0, 0.05) is 5.39 Å². The molecule has 0 bridgehead atoms. The lowest BCUT2D eigenvalue weighted by Crippen LogP contribution is -2.06. The normalized spacial score (nSPS) is 13.0. The summed E-state index contributed by atoms with van der Waals surface area (Å²) in [6, 6.07) is 32.3. The van der Waals surface area contributed by atoms with Gasteiger partial charge in [-0.05, 0) is 81.9 Å². The van der Waals surface area contributed by atoms with Crippen molar-refractivity contribution in [3.05, 3.63) is 114 Å². The zero-order chi connectivity index (χ0) is 28.0. The van der Waals surface area contributed by atoms with Gasteiger partial charge in [0.2, 0.25) is 0 Å². The molecule has 0 atom stereocenters. The van der Waals surface area contributed by atoms with Crippen LogP contribution in [0.2, 0.25) is 0 Å². The van der Waals surface area contributed by atoms with E-state index in [0.29, 0.717) is 11.8 Å². The van der Waals surface area contributed by atoms with E-state index in [2.05, 4.69) is 113 Å². The van der Waals surface area contributed by atoms with Gasteiger partial charge in [-0.3, -0.25) is 9.98 Å². The van der Waals surface area contributed by atoms with Crippen LogP contribution < -0.4 is 0 Å². The Morgan fingerprint density at radius 1 is 0.550 bits per heavy atom. The number of nitrogens with zero attached hydrogens (tertiary/aromatic N) is 3. The third-order valence-corrected chi connectivity index (χ3v) is 7.91. The van der Waals surface area contributed by atoms with Crippen LogP contribution in [0.1, 0.15) is 75.9 Å². The molecule has 0 amide bonds. The van der Waals surface area contributed by atoms with Crippen LogP contribution in [0.4, 0.5) is 11.4 Å². The molecule has 3 heteroatoms. The molecule has 198 valence electrons. The molecule has 6 aromatic rings. The Morgan fingerprint density at radius 3 is 1.68 bits per heavy atom. The first kappa shape index (κ1) is 25.9. The smallest absolute Gasteiger partial charge is 0.0849 e. The highest BCUT2D eigenvalue weighted by atomic mass is 14.8. The van der Waals surface area contributed by atoms with Gasteiger partial charge in [0.05, 0.1) is 34.2 Å². The second kappa shape index (κ2) is 10.3. The fraction of sp³-hybridized carbons (Fsp3) is 0.216. The van der Waals surface area contributed by atoms with Crippen molar-refractivity contribution >= 4 is 55.1 Å². The van der Waals surface area contributed by atoms with E-state index in [1.165, 1.54) is 43.4 Å². The number of hydrogen-bond acceptors (Lipinski definition) is 3. The Hall–Kier alpha value is -4.37. The highest BCUT2D eigenvalue weighted by Gasteiger charge is 2.15. The number of aromatic nitrogens is 1. The van der Waals surface area contributed by atoms with Gasteiger partial charge in [-0.1, -0.05) is 100 Å². The minimum Gasteiger partial charge on any atom is -0.251 e. The quantitative estimate of drug-likeness (QED) is 0.159. The lowest BCUT2D eigenvalue weighted by atomic mass is 9.93. The minimum atomic E-state index is 0.393. The first-order valence-corrected chi connectivity index (χ1v) is 14.2. The van der Waals surface area contributed by atoms with E-state index in [1.54, 1.807) is 0 Å². The molecule has 0 saturated carbocycles. The summed E-state index contributed by atoms with van der Waals surface area (Å²) in [7, 11) is 0. The zero-order valence-corrected chi connectivity index (χ0v) is 24.2. The van der Waals surface area contributed by atoms with Crippen molar-refractivity contribution in [1.29, 1.82) is 0 Å². The molecule has 0 radical (unpaired) electrons. The van der Waals surface area contributed by atoms with Gasteiger partial charge in [-0.15, -0.1) is 0 Å². The summed E-state index contributed by atoms with van der Waals surface area (Å²) in [5.74, 6) is 0.785. The number of benzene rings is 5. The molecule has 40 heavy (non-hydrogen) atoms. The SMILES string of the molecule is CC(=Nc1c(C(C)C)cccc1C(C)C)c1cccc(C(C)=Nc2ccc3ccc4cccc5ccc2c3c45)n1. The van der Waals surface area contributed by atoms with Crippen molar-refractivity contribution in [2.24, 2.45) is 9.98 Å². The van der Waals surface area contributed by atoms with Crippen LogP contribution in [0.3, 0.4) is 0 Å². The predicted octanol–water partition coefficient (Wildman–Crippen LogP) is 10.5. The first-order valence-electron chi connectivity index (χ1n) is 14.2. The summed E-state index contributed by atoms with van der Waals surface area (Å²) in [5, 5.41) is 7.52. The van der Waals surface area contributed by atoms with E-state index < -0.39 is 0 Å². The third kappa shape index (κ3) is 4.56. The van der Waals surface area contributed by atoms with Crippen LogP contribution in [0.5, 0.6) is 0 Å². The third-order valence-electron chi connectivity index (χ3n) is 7.91. The molecule has 0 saturated heterocycles. The van der Waals surface area contributed by atoms with E-state index in [9.17, 15) is 0 Å². The van der Waals surface area contributed by atoms with Gasteiger partial charge in [-0.25, -0.2) is 4.98 Å². The molecule has 0 fully saturated rings. The summed E-state index contributed by atoms with van der Waals surface area (Å²) in [6.45, 7) is 13.0. The summed E-state index contributed by atoms with van der Waals surface area (Å²) in [6.07, 6.45) is 0. The van der Waals surface area contributed by atoms with Crippen molar-refractivity contribution in [2.75, 3.05) is 0 Å². The molecule has 0 aliphatic heterocycles. The Bertz CT molecular complexity index is 1880. The van der Waals surface area contributed by atoms with Crippen molar-refractivity contribution in [3.63, 3.8) is 0 Å². The molecular weight excluding hydrogens is 486 g/mol. The zero-order valence-electron chi connectivity index (χ0n) is 24.2. The molecular formula is C37H35N3. The molecule has 3 nitrogen and oxygen atoms in total. The van der Waals surface area contributed by atoms with Crippen LogP contribution in [0, 0.1) is 0 Å². The van der Waals surface area contributed by atoms with Crippen LogP contribution in [-0.4, -0.2) is 16.4 Å². The fourth-order valence-corrected chi connectivity index (χ4v) is 5.76. The molecule has 6 rings (SSSR count). The monoisotopic (exact) mass is 521 g/mol. The Balaban J connectivity index is 1.42. The van der Waals surface area contributed by atoms with Crippen molar-refractivity contribution in [2.45, 2.75) is 53.4 Å². The number of aliphatic imine (C=N–C) groups is 2. The summed E-state index contributed by atoms with van der Waals surface area (Å²) in [4.78, 5) is 15.3. The average molecular weight is 522 g/mol. The largest absolute Gasteiger partial charge is 0.251 e. The Kier molecular flexibility index (Phi) is 6.67. The molecule has 0 aliphatic carbocycles. The van der Waals surface area contributed by atoms with Crippen LogP contribution >= 0.6 is 0 Å². The van der Waals surface area contributed by atoms with Gasteiger partial charge in [0.25, 0.3) is 0 Å². The fourth-order valence-electron chi connectivity index (χ4n) is 5.76. The van der Waals surface area contributed by atoms with E-state index in [0.717, 1.165) is 34.2 Å². The minimum absolute atomic E-state index is 0.393. The standard InChI is InChI=1S/C37H35N3/c1-22(2)29-12-8-13-30(23(3)4)37(29)39-25(6)33-15-9-14-32(40-33)24(5)38-34-21-19-28-17-16-26-10-7-11-27-18-20-31(34)36(28)35(26)27/h7-23H,1-6H3. The lowest BCUT2D eigenvalue weighted by molar-refractivity contribution is 0.834. The van der Waals surface area contributed by atoms with E-state index in [1.807, 2.05) is 19.1 Å². The molecule has 5 aromatic carbocycles. The second-order valence-electron chi connectivity index (χ2n) is 11.3. The maximum absolute atomic E-state index is 5.16. The van der Waals surface area contributed by atoms with Gasteiger partial charge < -0.3 is 0 Å². The van der Waals surface area contributed by atoms with Crippen LogP contribution in [0.25, 0.3) is 32.3 Å². The topological polar surface area (TPSA) is 37.6 Å². The molecule has 0 spiro atoms. The van der Waals surface area contributed by atoms with Crippen molar-refractivity contribution < 1.29 is 0 Å². The Labute approximate surface area is 236 Å². The number of pyridine rings is 1. The molecule has 1 heterocycles. The maximum atomic E-state index is 5.16. The second-order valence-corrected chi connectivity index (χ2v) is 11.3. The van der Waals surface area contributed by atoms with Gasteiger partial charge in [0.15, 0.2) is 0 Å². The molecule has 0 aliphatic rings. The summed E-state index contributed by atoms with van der Waals surface area (Å²) < 4.78 is 0. The lowest BCUT2D eigenvalue weighted by Gasteiger charge is -2.17. The van der Waals surface area contributed by atoms with Crippen LogP contribution in [-0.2, 0) is 0 Å². The summed E-state index contributed by atoms with van der Waals surface area (Å²) in [5.41, 5.74) is 8.11. The summed E-state index contributed by atoms with van der Waals surface area (Å²) >= 11 is 0. The van der Waals surface area contributed by atoms with Gasteiger partial charge in [0.1, 0.15) is 0 Å². The number of hydrogen-bond donors (Lipinski definition) is 0.